The highest BCUT2D eigenvalue weighted by Gasteiger charge is 2.36. The lowest BCUT2D eigenvalue weighted by Crippen LogP contribution is -2.30. The van der Waals surface area contributed by atoms with E-state index < -0.39 is 0 Å². The van der Waals surface area contributed by atoms with Crippen molar-refractivity contribution < 1.29 is 0 Å². The first-order chi connectivity index (χ1) is 7.74. The summed E-state index contributed by atoms with van der Waals surface area (Å²) in [6, 6.07) is 2.53. The molecule has 94 valence electrons. The van der Waals surface area contributed by atoms with Gasteiger partial charge in [-0.05, 0) is 24.9 Å². The van der Waals surface area contributed by atoms with Crippen LogP contribution in [0.4, 0.5) is 5.69 Å². The van der Waals surface area contributed by atoms with Crippen LogP contribution in [0.1, 0.15) is 6.42 Å². The van der Waals surface area contributed by atoms with E-state index in [9.17, 15) is 0 Å². The third-order valence-corrected chi connectivity index (χ3v) is 4.20. The van der Waals surface area contributed by atoms with Gasteiger partial charge in [-0.15, -0.1) is 12.4 Å². The van der Waals surface area contributed by atoms with Gasteiger partial charge in [0.15, 0.2) is 0 Å². The highest BCUT2D eigenvalue weighted by molar-refractivity contribution is 6.41. The number of anilines is 1. The summed E-state index contributed by atoms with van der Waals surface area (Å²) in [6.07, 6.45) is 3.07. The zero-order chi connectivity index (χ0) is 11.1. The SMILES string of the molecule is Cl.Clc1cc(N2CC3CCN[C@@H]3C2)cnc1Cl. The summed E-state index contributed by atoms with van der Waals surface area (Å²) in [4.78, 5) is 6.42. The predicted molar refractivity (Wildman–Crippen MR) is 73.6 cm³/mol. The minimum Gasteiger partial charge on any atom is -0.368 e. The Kier molecular flexibility index (Phi) is 4.03. The molecule has 0 bridgehead atoms. The van der Waals surface area contributed by atoms with Gasteiger partial charge in [-0.25, -0.2) is 4.98 Å². The first kappa shape index (κ1) is 13.2. The van der Waals surface area contributed by atoms with Crippen molar-refractivity contribution in [2.45, 2.75) is 12.5 Å². The maximum absolute atomic E-state index is 5.98. The number of rotatable bonds is 1. The fourth-order valence-electron chi connectivity index (χ4n) is 2.64. The highest BCUT2D eigenvalue weighted by Crippen LogP contribution is 2.31. The van der Waals surface area contributed by atoms with E-state index in [-0.39, 0.29) is 12.4 Å². The molecule has 3 heterocycles. The summed E-state index contributed by atoms with van der Waals surface area (Å²) >= 11 is 11.8. The molecule has 1 unspecified atom stereocenters. The molecule has 2 saturated heterocycles. The van der Waals surface area contributed by atoms with Gasteiger partial charge in [0.1, 0.15) is 5.15 Å². The Balaban J connectivity index is 0.00000108. The van der Waals surface area contributed by atoms with Crippen molar-refractivity contribution in [1.82, 2.24) is 10.3 Å². The fourth-order valence-corrected chi connectivity index (χ4v) is 2.91. The molecule has 0 aliphatic carbocycles. The average molecular weight is 295 g/mol. The summed E-state index contributed by atoms with van der Waals surface area (Å²) in [5, 5.41) is 4.43. The Morgan fingerprint density at radius 2 is 2.18 bits per heavy atom. The summed E-state index contributed by atoms with van der Waals surface area (Å²) in [7, 11) is 0. The van der Waals surface area contributed by atoms with Crippen LogP contribution in [0.5, 0.6) is 0 Å². The molecular formula is C11H14Cl3N3. The second-order valence-corrected chi connectivity index (χ2v) is 5.25. The molecule has 1 aromatic heterocycles. The Morgan fingerprint density at radius 3 is 2.88 bits per heavy atom. The normalized spacial score (nSPS) is 26.8. The van der Waals surface area contributed by atoms with E-state index in [2.05, 4.69) is 15.2 Å². The number of pyridine rings is 1. The van der Waals surface area contributed by atoms with E-state index in [0.717, 1.165) is 31.2 Å². The van der Waals surface area contributed by atoms with Crippen LogP contribution in [-0.2, 0) is 0 Å². The van der Waals surface area contributed by atoms with Crippen LogP contribution in [0.25, 0.3) is 0 Å². The van der Waals surface area contributed by atoms with Gasteiger partial charge in [0.05, 0.1) is 16.9 Å². The molecule has 1 aromatic rings. The van der Waals surface area contributed by atoms with Gasteiger partial charge in [0, 0.05) is 19.1 Å². The van der Waals surface area contributed by atoms with Crippen LogP contribution in [0.15, 0.2) is 12.3 Å². The van der Waals surface area contributed by atoms with Gasteiger partial charge in [0.2, 0.25) is 0 Å². The molecule has 6 heteroatoms. The van der Waals surface area contributed by atoms with Crippen molar-refractivity contribution in [3.8, 4) is 0 Å². The predicted octanol–water partition coefficient (Wildman–Crippen LogP) is 2.61. The third-order valence-electron chi connectivity index (χ3n) is 3.51. The van der Waals surface area contributed by atoms with Crippen LogP contribution in [-0.4, -0.2) is 30.7 Å². The first-order valence-corrected chi connectivity index (χ1v) is 6.29. The van der Waals surface area contributed by atoms with Crippen molar-refractivity contribution in [3.63, 3.8) is 0 Å². The molecule has 2 aliphatic heterocycles. The standard InChI is InChI=1S/C11H13Cl2N3.ClH/c12-9-3-8(4-15-11(9)13)16-5-7-1-2-14-10(7)6-16;/h3-4,7,10,14H,1-2,5-6H2;1H/t7?,10-;/m1./s1. The maximum atomic E-state index is 5.98. The number of hydrogen-bond donors (Lipinski definition) is 1. The van der Waals surface area contributed by atoms with Crippen molar-refractivity contribution in [1.29, 1.82) is 0 Å². The first-order valence-electron chi connectivity index (χ1n) is 5.53. The Hall–Kier alpha value is -0.220. The van der Waals surface area contributed by atoms with Crippen molar-refractivity contribution in [2.75, 3.05) is 24.5 Å². The summed E-state index contributed by atoms with van der Waals surface area (Å²) in [5.41, 5.74) is 1.07. The van der Waals surface area contributed by atoms with Crippen LogP contribution in [0.3, 0.4) is 0 Å². The monoisotopic (exact) mass is 293 g/mol. The van der Waals surface area contributed by atoms with Gasteiger partial charge in [0.25, 0.3) is 0 Å². The number of hydrogen-bond acceptors (Lipinski definition) is 3. The number of fused-ring (bicyclic) bond motifs is 1. The minimum atomic E-state index is 0. The van der Waals surface area contributed by atoms with Crippen LogP contribution >= 0.6 is 35.6 Å². The quantitative estimate of drug-likeness (QED) is 0.807. The fraction of sp³-hybridized carbons (Fsp3) is 0.545. The van der Waals surface area contributed by atoms with Crippen LogP contribution < -0.4 is 10.2 Å². The molecule has 17 heavy (non-hydrogen) atoms. The van der Waals surface area contributed by atoms with E-state index in [1.165, 1.54) is 6.42 Å². The molecule has 2 fully saturated rings. The van der Waals surface area contributed by atoms with Gasteiger partial charge < -0.3 is 10.2 Å². The van der Waals surface area contributed by atoms with Crippen molar-refractivity contribution in [3.05, 3.63) is 22.4 Å². The Morgan fingerprint density at radius 1 is 1.35 bits per heavy atom. The van der Waals surface area contributed by atoms with Crippen molar-refractivity contribution >= 4 is 41.3 Å². The van der Waals surface area contributed by atoms with E-state index >= 15 is 0 Å². The number of halogens is 3. The van der Waals surface area contributed by atoms with Crippen LogP contribution in [0.2, 0.25) is 10.2 Å². The molecule has 2 aliphatic rings. The van der Waals surface area contributed by atoms with E-state index in [1.54, 1.807) is 6.20 Å². The second kappa shape index (κ2) is 5.19. The van der Waals surface area contributed by atoms with Crippen LogP contribution in [0, 0.1) is 5.92 Å². The average Bonchev–Trinajstić information content (AvgIpc) is 2.81. The zero-order valence-electron chi connectivity index (χ0n) is 9.20. The lowest BCUT2D eigenvalue weighted by atomic mass is 10.1. The number of nitrogens with zero attached hydrogens (tertiary/aromatic N) is 2. The zero-order valence-corrected chi connectivity index (χ0v) is 11.5. The third kappa shape index (κ3) is 2.48. The van der Waals surface area contributed by atoms with E-state index in [0.29, 0.717) is 16.2 Å². The van der Waals surface area contributed by atoms with Crippen molar-refractivity contribution in [2.24, 2.45) is 5.92 Å². The lowest BCUT2D eigenvalue weighted by Gasteiger charge is -2.19. The molecule has 0 aromatic carbocycles. The largest absolute Gasteiger partial charge is 0.368 e. The molecule has 1 N–H and O–H groups in total. The summed E-state index contributed by atoms with van der Waals surface area (Å²) < 4.78 is 0. The topological polar surface area (TPSA) is 28.2 Å². The van der Waals surface area contributed by atoms with E-state index in [1.807, 2.05) is 6.07 Å². The van der Waals surface area contributed by atoms with Gasteiger partial charge in [-0.3, -0.25) is 0 Å². The second-order valence-electron chi connectivity index (χ2n) is 4.48. The molecule has 0 amide bonds. The molecular weight excluding hydrogens is 281 g/mol. The maximum Gasteiger partial charge on any atom is 0.147 e. The lowest BCUT2D eigenvalue weighted by molar-refractivity contribution is 0.556. The molecule has 2 atom stereocenters. The van der Waals surface area contributed by atoms with E-state index in [4.69, 9.17) is 23.2 Å². The Labute approximate surface area is 117 Å². The smallest absolute Gasteiger partial charge is 0.147 e. The van der Waals surface area contributed by atoms with Gasteiger partial charge in [-0.2, -0.15) is 0 Å². The summed E-state index contributed by atoms with van der Waals surface area (Å²) in [5.74, 6) is 0.773. The molecule has 3 nitrogen and oxygen atoms in total. The summed E-state index contributed by atoms with van der Waals surface area (Å²) in [6.45, 7) is 3.30. The minimum absolute atomic E-state index is 0. The molecule has 0 saturated carbocycles. The van der Waals surface area contributed by atoms with Gasteiger partial charge in [-0.1, -0.05) is 23.2 Å². The molecule has 3 rings (SSSR count). The van der Waals surface area contributed by atoms with Gasteiger partial charge >= 0.3 is 0 Å². The Bertz CT molecular complexity index is 401. The highest BCUT2D eigenvalue weighted by atomic mass is 35.5. The molecule has 0 radical (unpaired) electrons. The molecule has 0 spiro atoms. The number of aromatic nitrogens is 1. The number of nitrogens with one attached hydrogen (secondary N) is 1.